The smallest absolute Gasteiger partial charge is 0.225 e. The van der Waals surface area contributed by atoms with Gasteiger partial charge in [-0.1, -0.05) is 44.9 Å². The summed E-state index contributed by atoms with van der Waals surface area (Å²) in [6.45, 7) is 6.98. The Balaban J connectivity index is 0.997. The molecule has 2 saturated carbocycles. The number of ether oxygens (including phenoxy) is 3. The molecule has 1 aliphatic heterocycles. The second kappa shape index (κ2) is 15.7. The number of amides is 1. The summed E-state index contributed by atoms with van der Waals surface area (Å²) in [4.78, 5) is 25.6. The SMILES string of the molecule is CC1(Oc2ccc(N)c(C(=N)c3cc(N4CCN(C(=O)CCOCCOCCC5CCCCCCC5)CC4)ncn3)c2)CC1. The molecule has 5 rings (SSSR count). The maximum Gasteiger partial charge on any atom is 0.225 e. The van der Waals surface area contributed by atoms with Crippen molar-refractivity contribution >= 4 is 23.1 Å². The van der Waals surface area contributed by atoms with Gasteiger partial charge in [0.25, 0.3) is 0 Å². The first-order chi connectivity index (χ1) is 21.4. The highest BCUT2D eigenvalue weighted by Gasteiger charge is 2.40. The lowest BCUT2D eigenvalue weighted by Gasteiger charge is -2.35. The van der Waals surface area contributed by atoms with Crippen LogP contribution in [-0.4, -0.2) is 84.7 Å². The van der Waals surface area contributed by atoms with Crippen LogP contribution in [0.25, 0.3) is 0 Å². The Morgan fingerprint density at radius 2 is 1.66 bits per heavy atom. The first-order valence-electron chi connectivity index (χ1n) is 16.6. The van der Waals surface area contributed by atoms with Gasteiger partial charge in [0.1, 0.15) is 23.5 Å². The number of rotatable bonds is 14. The quantitative estimate of drug-likeness (QED) is 0.170. The van der Waals surface area contributed by atoms with Gasteiger partial charge in [-0.15, -0.1) is 0 Å². The predicted molar refractivity (Wildman–Crippen MR) is 173 cm³/mol. The Kier molecular flexibility index (Phi) is 11.4. The minimum Gasteiger partial charge on any atom is -0.488 e. The number of hydrogen-bond donors (Lipinski definition) is 2. The summed E-state index contributed by atoms with van der Waals surface area (Å²) in [5.74, 6) is 2.37. The fraction of sp³-hybridized carbons (Fsp3) is 0.647. The van der Waals surface area contributed by atoms with Gasteiger partial charge in [-0.25, -0.2) is 9.97 Å². The van der Waals surface area contributed by atoms with Gasteiger partial charge >= 0.3 is 0 Å². The van der Waals surface area contributed by atoms with Crippen molar-refractivity contribution in [2.45, 2.75) is 83.2 Å². The Morgan fingerprint density at radius 1 is 0.955 bits per heavy atom. The van der Waals surface area contributed by atoms with E-state index >= 15 is 0 Å². The molecule has 0 radical (unpaired) electrons. The zero-order chi connectivity index (χ0) is 30.8. The average molecular weight is 607 g/mol. The Hall–Kier alpha value is -3.24. The van der Waals surface area contributed by atoms with Crippen molar-refractivity contribution in [3.8, 4) is 5.75 Å². The lowest BCUT2D eigenvalue weighted by molar-refractivity contribution is -0.132. The van der Waals surface area contributed by atoms with Gasteiger partial charge < -0.3 is 29.7 Å². The van der Waals surface area contributed by atoms with Gasteiger partial charge in [0.15, 0.2) is 0 Å². The molecule has 0 atom stereocenters. The molecule has 2 aliphatic carbocycles. The van der Waals surface area contributed by atoms with Crippen LogP contribution in [0.1, 0.15) is 88.8 Å². The molecule has 1 aromatic heterocycles. The van der Waals surface area contributed by atoms with Crippen LogP contribution < -0.4 is 15.4 Å². The summed E-state index contributed by atoms with van der Waals surface area (Å²) in [7, 11) is 0. The van der Waals surface area contributed by atoms with Crippen LogP contribution in [0.3, 0.4) is 0 Å². The molecule has 240 valence electrons. The molecule has 1 saturated heterocycles. The second-order valence-electron chi connectivity index (χ2n) is 12.8. The van der Waals surface area contributed by atoms with Crippen LogP contribution in [0.5, 0.6) is 5.75 Å². The van der Waals surface area contributed by atoms with Gasteiger partial charge in [-0.3, -0.25) is 10.2 Å². The Morgan fingerprint density at radius 3 is 2.39 bits per heavy atom. The van der Waals surface area contributed by atoms with Crippen molar-refractivity contribution in [3.05, 3.63) is 41.9 Å². The molecule has 2 heterocycles. The topological polar surface area (TPSA) is 127 Å². The minimum atomic E-state index is -0.115. The number of carbonyl (C=O) groups is 1. The van der Waals surface area contributed by atoms with E-state index in [1.807, 2.05) is 23.1 Å². The number of nitrogen functional groups attached to an aromatic ring is 1. The summed E-state index contributed by atoms with van der Waals surface area (Å²) in [5, 5.41) is 8.82. The number of aromatic nitrogens is 2. The molecule has 44 heavy (non-hydrogen) atoms. The van der Waals surface area contributed by atoms with Crippen molar-refractivity contribution in [1.29, 1.82) is 5.41 Å². The molecule has 1 aromatic carbocycles. The number of benzene rings is 1. The fourth-order valence-corrected chi connectivity index (χ4v) is 6.08. The normalized spacial score (nSPS) is 18.8. The van der Waals surface area contributed by atoms with E-state index in [2.05, 4.69) is 21.8 Å². The molecule has 0 spiro atoms. The van der Waals surface area contributed by atoms with Gasteiger partial charge in [-0.2, -0.15) is 0 Å². The predicted octanol–water partition coefficient (Wildman–Crippen LogP) is 5.23. The lowest BCUT2D eigenvalue weighted by Crippen LogP contribution is -2.49. The van der Waals surface area contributed by atoms with E-state index in [1.54, 1.807) is 6.07 Å². The van der Waals surface area contributed by atoms with Crippen LogP contribution in [-0.2, 0) is 14.3 Å². The highest BCUT2D eigenvalue weighted by atomic mass is 16.5. The number of hydrogen-bond acceptors (Lipinski definition) is 9. The minimum absolute atomic E-state index is 0.109. The first kappa shape index (κ1) is 32.2. The third-order valence-electron chi connectivity index (χ3n) is 9.21. The highest BCUT2D eigenvalue weighted by Crippen LogP contribution is 2.40. The monoisotopic (exact) mass is 606 g/mol. The molecule has 1 amide bonds. The molecule has 0 bridgehead atoms. The number of nitrogens with two attached hydrogens (primary N) is 1. The molecule has 3 N–H and O–H groups in total. The fourth-order valence-electron chi connectivity index (χ4n) is 6.08. The van der Waals surface area contributed by atoms with Crippen LogP contribution in [0, 0.1) is 11.3 Å². The summed E-state index contributed by atoms with van der Waals surface area (Å²) in [6.07, 6.45) is 14.7. The van der Waals surface area contributed by atoms with Gasteiger partial charge in [0.2, 0.25) is 5.91 Å². The molecule has 3 fully saturated rings. The average Bonchev–Trinajstić information content (AvgIpc) is 3.76. The third-order valence-corrected chi connectivity index (χ3v) is 9.21. The van der Waals surface area contributed by atoms with Gasteiger partial charge in [0, 0.05) is 50.1 Å². The maximum absolute atomic E-state index is 12.8. The van der Waals surface area contributed by atoms with E-state index in [1.165, 1.54) is 51.3 Å². The summed E-state index contributed by atoms with van der Waals surface area (Å²) in [6, 6.07) is 7.28. The van der Waals surface area contributed by atoms with Crippen LogP contribution in [0.4, 0.5) is 11.5 Å². The Labute approximate surface area is 262 Å². The molecule has 10 heteroatoms. The van der Waals surface area contributed by atoms with E-state index in [4.69, 9.17) is 25.4 Å². The molecule has 2 aromatic rings. The van der Waals surface area contributed by atoms with E-state index in [0.717, 1.165) is 37.6 Å². The number of carbonyl (C=O) groups excluding carboxylic acids is 1. The summed E-state index contributed by atoms with van der Waals surface area (Å²) < 4.78 is 17.6. The first-order valence-corrected chi connectivity index (χ1v) is 16.6. The van der Waals surface area contributed by atoms with Crippen molar-refractivity contribution in [2.75, 3.05) is 63.2 Å². The number of nitrogens with zero attached hydrogens (tertiary/aromatic N) is 4. The zero-order valence-electron chi connectivity index (χ0n) is 26.4. The van der Waals surface area contributed by atoms with E-state index in [-0.39, 0.29) is 17.2 Å². The molecular formula is C34H50N6O4. The molecule has 3 aliphatic rings. The third kappa shape index (κ3) is 9.38. The van der Waals surface area contributed by atoms with Crippen molar-refractivity contribution in [3.63, 3.8) is 0 Å². The van der Waals surface area contributed by atoms with Crippen LogP contribution in [0.15, 0.2) is 30.6 Å². The van der Waals surface area contributed by atoms with E-state index in [9.17, 15) is 4.79 Å². The number of nitrogens with one attached hydrogen (secondary N) is 1. The van der Waals surface area contributed by atoms with Crippen molar-refractivity contribution in [2.24, 2.45) is 5.92 Å². The second-order valence-corrected chi connectivity index (χ2v) is 12.8. The van der Waals surface area contributed by atoms with Crippen molar-refractivity contribution in [1.82, 2.24) is 14.9 Å². The van der Waals surface area contributed by atoms with Gasteiger partial charge in [0.05, 0.1) is 37.6 Å². The highest BCUT2D eigenvalue weighted by molar-refractivity contribution is 6.13. The molecule has 10 nitrogen and oxygen atoms in total. The standard InChI is InChI=1S/C34H50N6O4/c1-34(13-14-34)44-27-9-10-29(35)28(23-27)33(36)30-24-31(38-25-37-30)39-15-17-40(18-16-39)32(41)12-20-43-22-21-42-19-11-26-7-5-3-2-4-6-8-26/h9-10,23-26,36H,2-8,11-22,35H2,1H3. The summed E-state index contributed by atoms with van der Waals surface area (Å²) in [5.41, 5.74) is 7.94. The van der Waals surface area contributed by atoms with Crippen molar-refractivity contribution < 1.29 is 19.0 Å². The largest absolute Gasteiger partial charge is 0.488 e. The maximum atomic E-state index is 12.8. The summed E-state index contributed by atoms with van der Waals surface area (Å²) >= 11 is 0. The van der Waals surface area contributed by atoms with Crippen LogP contribution >= 0.6 is 0 Å². The van der Waals surface area contributed by atoms with Gasteiger partial charge in [-0.05, 0) is 50.3 Å². The van der Waals surface area contributed by atoms with E-state index < -0.39 is 0 Å². The molecular weight excluding hydrogens is 556 g/mol. The lowest BCUT2D eigenvalue weighted by atomic mass is 9.89. The van der Waals surface area contributed by atoms with E-state index in [0.29, 0.717) is 75.1 Å². The number of piperazine rings is 1. The number of anilines is 2. The molecule has 0 unspecified atom stereocenters. The van der Waals surface area contributed by atoms with Crippen LogP contribution in [0.2, 0.25) is 0 Å². The Bertz CT molecular complexity index is 1240. The zero-order valence-corrected chi connectivity index (χ0v) is 26.4.